The molecule has 1 aromatic rings. The minimum absolute atomic E-state index is 0.375. The molecule has 0 aliphatic heterocycles. The van der Waals surface area contributed by atoms with Crippen LogP contribution < -0.4 is 0 Å². The third-order valence-corrected chi connectivity index (χ3v) is 4.61. The van der Waals surface area contributed by atoms with Gasteiger partial charge in [-0.15, -0.1) is 0 Å². The Kier molecular flexibility index (Phi) is 6.00. The van der Waals surface area contributed by atoms with Crippen molar-refractivity contribution in [3.8, 4) is 0 Å². The molecule has 0 heterocycles. The quantitative estimate of drug-likeness (QED) is 0.638. The molecule has 0 amide bonds. The van der Waals surface area contributed by atoms with E-state index in [0.29, 0.717) is 12.5 Å². The molecular weight excluding hydrogens is 286 g/mol. The summed E-state index contributed by atoms with van der Waals surface area (Å²) in [5.74, 6) is 0.375. The zero-order chi connectivity index (χ0) is 17.0. The summed E-state index contributed by atoms with van der Waals surface area (Å²) >= 11 is 0. The van der Waals surface area contributed by atoms with Crippen molar-refractivity contribution in [2.24, 2.45) is 5.16 Å². The Balaban J connectivity index is 2.26. The highest BCUT2D eigenvalue weighted by atomic mass is 16.6. The first-order valence-electron chi connectivity index (χ1n) is 8.62. The van der Waals surface area contributed by atoms with Gasteiger partial charge in [0.05, 0.1) is 11.8 Å². The molecule has 0 radical (unpaired) electrons. The van der Waals surface area contributed by atoms with E-state index < -0.39 is 6.10 Å². The van der Waals surface area contributed by atoms with Crippen LogP contribution in [0.15, 0.2) is 28.9 Å². The molecule has 126 valence electrons. The molecule has 1 aliphatic carbocycles. The fraction of sp³-hybridized carbons (Fsp3) is 0.550. The highest BCUT2D eigenvalue weighted by Gasteiger charge is 2.27. The molecule has 2 unspecified atom stereocenters. The molecule has 2 rings (SSSR count). The van der Waals surface area contributed by atoms with Crippen LogP contribution in [0.5, 0.6) is 0 Å². The molecule has 2 atom stereocenters. The van der Waals surface area contributed by atoms with Crippen LogP contribution in [0.25, 0.3) is 0 Å². The Morgan fingerprint density at radius 1 is 1.22 bits per heavy atom. The Bertz CT molecular complexity index is 593. The number of oxime groups is 1. The second-order valence-electron chi connectivity index (χ2n) is 6.47. The lowest BCUT2D eigenvalue weighted by atomic mass is 9.78. The smallest absolute Gasteiger partial charge is 0.114 e. The predicted octanol–water partition coefficient (Wildman–Crippen LogP) is 4.58. The van der Waals surface area contributed by atoms with Crippen LogP contribution in [-0.2, 0) is 4.84 Å². The predicted molar refractivity (Wildman–Crippen MR) is 96.1 cm³/mol. The summed E-state index contributed by atoms with van der Waals surface area (Å²) in [6.45, 7) is 11.0. The van der Waals surface area contributed by atoms with E-state index in [4.69, 9.17) is 4.84 Å². The average molecular weight is 315 g/mol. The Morgan fingerprint density at radius 3 is 2.39 bits per heavy atom. The van der Waals surface area contributed by atoms with Crippen molar-refractivity contribution in [2.75, 3.05) is 6.61 Å². The molecule has 0 aromatic heterocycles. The van der Waals surface area contributed by atoms with Crippen LogP contribution in [0.2, 0.25) is 0 Å². The second-order valence-corrected chi connectivity index (χ2v) is 6.47. The summed E-state index contributed by atoms with van der Waals surface area (Å²) in [7, 11) is 0. The van der Waals surface area contributed by atoms with Gasteiger partial charge in [-0.05, 0) is 69.6 Å². The van der Waals surface area contributed by atoms with Crippen molar-refractivity contribution in [3.63, 3.8) is 0 Å². The summed E-state index contributed by atoms with van der Waals surface area (Å²) < 4.78 is 0. The van der Waals surface area contributed by atoms with Gasteiger partial charge in [0.25, 0.3) is 0 Å². The number of rotatable bonds is 5. The minimum Gasteiger partial charge on any atom is -0.396 e. The highest BCUT2D eigenvalue weighted by Crippen LogP contribution is 2.36. The summed E-state index contributed by atoms with van der Waals surface area (Å²) in [5, 5.41) is 14.8. The van der Waals surface area contributed by atoms with Crippen molar-refractivity contribution in [1.82, 2.24) is 0 Å². The first-order valence-corrected chi connectivity index (χ1v) is 8.62. The van der Waals surface area contributed by atoms with Crippen LogP contribution >= 0.6 is 0 Å². The zero-order valence-electron chi connectivity index (χ0n) is 15.0. The number of aliphatic hydroxyl groups excluding tert-OH is 1. The molecule has 3 nitrogen and oxygen atoms in total. The second kappa shape index (κ2) is 7.78. The van der Waals surface area contributed by atoms with Crippen molar-refractivity contribution >= 4 is 5.71 Å². The molecule has 0 fully saturated rings. The number of nitrogens with zero attached hydrogens (tertiary/aromatic N) is 1. The summed E-state index contributed by atoms with van der Waals surface area (Å²) in [4.78, 5) is 5.19. The maximum absolute atomic E-state index is 10.6. The van der Waals surface area contributed by atoms with E-state index in [1.165, 1.54) is 22.3 Å². The maximum atomic E-state index is 10.6. The first-order chi connectivity index (χ1) is 11.0. The van der Waals surface area contributed by atoms with E-state index in [9.17, 15) is 5.11 Å². The van der Waals surface area contributed by atoms with E-state index in [2.05, 4.69) is 44.1 Å². The van der Waals surface area contributed by atoms with E-state index >= 15 is 0 Å². The largest absolute Gasteiger partial charge is 0.396 e. The summed E-state index contributed by atoms with van der Waals surface area (Å²) in [5.41, 5.74) is 7.17. The summed E-state index contributed by atoms with van der Waals surface area (Å²) in [6, 6.07) is 4.48. The lowest BCUT2D eigenvalue weighted by Gasteiger charge is -2.29. The van der Waals surface area contributed by atoms with Crippen LogP contribution in [-0.4, -0.2) is 23.5 Å². The molecule has 1 aliphatic rings. The average Bonchev–Trinajstić information content (AvgIpc) is 2.48. The van der Waals surface area contributed by atoms with Crippen LogP contribution in [0.3, 0.4) is 0 Å². The number of allylic oxidation sites excluding steroid dienone is 1. The van der Waals surface area contributed by atoms with E-state index in [1.807, 2.05) is 13.8 Å². The molecule has 1 N–H and O–H groups in total. The number of aryl methyl sites for hydroxylation is 3. The summed E-state index contributed by atoms with van der Waals surface area (Å²) in [6.07, 6.45) is 4.16. The van der Waals surface area contributed by atoms with Gasteiger partial charge in [-0.25, -0.2) is 0 Å². The lowest BCUT2D eigenvalue weighted by Crippen LogP contribution is -2.25. The molecule has 1 aromatic carbocycles. The molecule has 0 saturated heterocycles. The SMILES string of the molecule is CCON=C(CC)C1=CCC(c2c(C)cc(C)cc2C)CC1O. The van der Waals surface area contributed by atoms with Crippen LogP contribution in [0.4, 0.5) is 0 Å². The minimum atomic E-state index is -0.465. The van der Waals surface area contributed by atoms with Crippen molar-refractivity contribution in [3.05, 3.63) is 46.0 Å². The molecule has 3 heteroatoms. The van der Waals surface area contributed by atoms with Gasteiger partial charge in [-0.3, -0.25) is 0 Å². The third kappa shape index (κ3) is 4.03. The van der Waals surface area contributed by atoms with Crippen molar-refractivity contribution in [2.45, 2.75) is 65.9 Å². The topological polar surface area (TPSA) is 41.8 Å². The van der Waals surface area contributed by atoms with Gasteiger partial charge < -0.3 is 9.94 Å². The van der Waals surface area contributed by atoms with Gasteiger partial charge in [-0.2, -0.15) is 0 Å². The maximum Gasteiger partial charge on any atom is 0.114 e. The Labute approximate surface area is 140 Å². The molecule has 0 saturated carbocycles. The molecular formula is C20H29NO2. The van der Waals surface area contributed by atoms with Gasteiger partial charge in [0.15, 0.2) is 0 Å². The molecule has 23 heavy (non-hydrogen) atoms. The molecule has 0 spiro atoms. The molecule has 0 bridgehead atoms. The van der Waals surface area contributed by atoms with Crippen molar-refractivity contribution in [1.29, 1.82) is 0 Å². The number of hydrogen-bond acceptors (Lipinski definition) is 3. The van der Waals surface area contributed by atoms with E-state index in [-0.39, 0.29) is 0 Å². The normalized spacial score (nSPS) is 22.0. The fourth-order valence-electron chi connectivity index (χ4n) is 3.74. The van der Waals surface area contributed by atoms with Crippen LogP contribution in [0.1, 0.15) is 61.3 Å². The van der Waals surface area contributed by atoms with Crippen molar-refractivity contribution < 1.29 is 9.94 Å². The van der Waals surface area contributed by atoms with Gasteiger partial charge in [0.1, 0.15) is 6.61 Å². The lowest BCUT2D eigenvalue weighted by molar-refractivity contribution is 0.155. The Hall–Kier alpha value is -1.61. The standard InChI is InChI=1S/C20H29NO2/c1-6-18(21-23-7-2)17-9-8-16(12-19(17)22)20-14(4)10-13(3)11-15(20)5/h9-11,16,19,22H,6-8,12H2,1-5H3. The van der Waals surface area contributed by atoms with Gasteiger partial charge in [0.2, 0.25) is 0 Å². The van der Waals surface area contributed by atoms with Gasteiger partial charge in [-0.1, -0.05) is 35.9 Å². The number of hydrogen-bond donors (Lipinski definition) is 1. The van der Waals surface area contributed by atoms with Gasteiger partial charge in [0, 0.05) is 5.57 Å². The number of aliphatic hydroxyl groups is 1. The van der Waals surface area contributed by atoms with Crippen LogP contribution in [0, 0.1) is 20.8 Å². The monoisotopic (exact) mass is 315 g/mol. The fourth-order valence-corrected chi connectivity index (χ4v) is 3.74. The Morgan fingerprint density at radius 2 is 1.87 bits per heavy atom. The van der Waals surface area contributed by atoms with Gasteiger partial charge >= 0.3 is 0 Å². The first kappa shape index (κ1) is 17.7. The van der Waals surface area contributed by atoms with E-state index in [0.717, 1.165) is 30.5 Å². The zero-order valence-corrected chi connectivity index (χ0v) is 15.0. The highest BCUT2D eigenvalue weighted by molar-refractivity contribution is 6.00. The third-order valence-electron chi connectivity index (χ3n) is 4.61. The number of benzene rings is 1. The van der Waals surface area contributed by atoms with E-state index in [1.54, 1.807) is 0 Å².